The Bertz CT molecular complexity index is 775. The van der Waals surface area contributed by atoms with E-state index in [1.165, 1.54) is 0 Å². The highest BCUT2D eigenvalue weighted by Crippen LogP contribution is 2.32. The molecule has 0 saturated heterocycles. The summed E-state index contributed by atoms with van der Waals surface area (Å²) in [7, 11) is 0. The van der Waals surface area contributed by atoms with Gasteiger partial charge in [-0.05, 0) is 29.8 Å². The fourth-order valence-electron chi connectivity index (χ4n) is 1.71. The van der Waals surface area contributed by atoms with Crippen LogP contribution < -0.4 is 5.32 Å². The number of carbonyl (C=O) groups is 1. The number of halogens is 7. The highest BCUT2D eigenvalue weighted by Gasteiger charge is 2.38. The molecule has 0 saturated carbocycles. The van der Waals surface area contributed by atoms with Crippen LogP contribution in [-0.2, 0) is 12.4 Å². The zero-order valence-corrected chi connectivity index (χ0v) is 12.1. The van der Waals surface area contributed by atoms with E-state index in [9.17, 15) is 31.1 Å². The largest absolute Gasteiger partial charge is 0.434 e. The topological polar surface area (TPSA) is 54.9 Å². The normalized spacial score (nSPS) is 12.1. The Morgan fingerprint density at radius 3 is 2.33 bits per heavy atom. The predicted molar refractivity (Wildman–Crippen MR) is 71.4 cm³/mol. The number of nitrogens with zero attached hydrogens (tertiary/aromatic N) is 2. The number of benzene rings is 1. The van der Waals surface area contributed by atoms with Crippen LogP contribution in [0, 0.1) is 0 Å². The van der Waals surface area contributed by atoms with Gasteiger partial charge in [0, 0.05) is 11.9 Å². The molecular formula is C13H6ClF6N3O. The summed E-state index contributed by atoms with van der Waals surface area (Å²) in [4.78, 5) is 18.2. The third kappa shape index (κ3) is 4.13. The van der Waals surface area contributed by atoms with Gasteiger partial charge in [-0.2, -0.15) is 26.3 Å². The van der Waals surface area contributed by atoms with Crippen LogP contribution in [0.2, 0.25) is 5.28 Å². The molecule has 1 aromatic carbocycles. The van der Waals surface area contributed by atoms with Gasteiger partial charge < -0.3 is 5.32 Å². The van der Waals surface area contributed by atoms with E-state index in [0.717, 1.165) is 18.2 Å². The summed E-state index contributed by atoms with van der Waals surface area (Å²) in [6.07, 6.45) is -9.12. The Kier molecular flexibility index (Phi) is 4.70. The highest BCUT2D eigenvalue weighted by molar-refractivity contribution is 6.28. The summed E-state index contributed by atoms with van der Waals surface area (Å²) >= 11 is 5.28. The first-order chi connectivity index (χ1) is 11.0. The van der Waals surface area contributed by atoms with Gasteiger partial charge in [0.15, 0.2) is 5.69 Å². The van der Waals surface area contributed by atoms with Gasteiger partial charge in [0.05, 0.1) is 11.1 Å². The van der Waals surface area contributed by atoms with Crippen molar-refractivity contribution in [2.45, 2.75) is 12.4 Å². The molecule has 11 heteroatoms. The van der Waals surface area contributed by atoms with Crippen LogP contribution in [0.4, 0.5) is 32.0 Å². The lowest BCUT2D eigenvalue weighted by Gasteiger charge is -2.13. The molecular weight excluding hydrogens is 364 g/mol. The molecule has 0 atom stereocenters. The lowest BCUT2D eigenvalue weighted by atomic mass is 10.1. The molecule has 0 aliphatic carbocycles. The monoisotopic (exact) mass is 369 g/mol. The third-order valence-electron chi connectivity index (χ3n) is 2.72. The van der Waals surface area contributed by atoms with E-state index in [1.807, 2.05) is 5.32 Å². The number of hydrogen-bond acceptors (Lipinski definition) is 3. The Balaban J connectivity index is 2.35. The Hall–Kier alpha value is -2.36. The van der Waals surface area contributed by atoms with Crippen LogP contribution in [0.5, 0.6) is 0 Å². The quantitative estimate of drug-likeness (QED) is 0.630. The van der Waals surface area contributed by atoms with Gasteiger partial charge in [0.2, 0.25) is 5.28 Å². The van der Waals surface area contributed by atoms with Crippen molar-refractivity contribution >= 4 is 23.2 Å². The molecule has 1 amide bonds. The zero-order valence-electron chi connectivity index (χ0n) is 11.3. The van der Waals surface area contributed by atoms with Gasteiger partial charge >= 0.3 is 12.4 Å². The maximum atomic E-state index is 12.9. The van der Waals surface area contributed by atoms with Gasteiger partial charge in [0.1, 0.15) is 0 Å². The first-order valence-electron chi connectivity index (χ1n) is 6.07. The van der Waals surface area contributed by atoms with Crippen molar-refractivity contribution in [1.82, 2.24) is 9.97 Å². The second-order valence-corrected chi connectivity index (χ2v) is 4.77. The fourth-order valence-corrected chi connectivity index (χ4v) is 1.85. The molecule has 2 rings (SSSR count). The SMILES string of the molecule is O=C(Nc1cccc(C(F)(F)F)c1)c1cnc(Cl)nc1C(F)(F)F. The van der Waals surface area contributed by atoms with E-state index < -0.39 is 40.4 Å². The lowest BCUT2D eigenvalue weighted by Crippen LogP contribution is -2.21. The van der Waals surface area contributed by atoms with E-state index >= 15 is 0 Å². The molecule has 4 nitrogen and oxygen atoms in total. The summed E-state index contributed by atoms with van der Waals surface area (Å²) in [5, 5.41) is 1.22. The van der Waals surface area contributed by atoms with E-state index in [4.69, 9.17) is 11.6 Å². The van der Waals surface area contributed by atoms with Gasteiger partial charge in [0.25, 0.3) is 5.91 Å². The van der Waals surface area contributed by atoms with E-state index in [1.54, 1.807) is 0 Å². The minimum Gasteiger partial charge on any atom is -0.322 e. The molecule has 2 aromatic rings. The zero-order chi connectivity index (χ0) is 18.1. The summed E-state index contributed by atoms with van der Waals surface area (Å²) in [6.45, 7) is 0. The Morgan fingerprint density at radius 2 is 1.75 bits per heavy atom. The number of aromatic nitrogens is 2. The summed E-state index contributed by atoms with van der Waals surface area (Å²) in [5.74, 6) is -1.32. The van der Waals surface area contributed by atoms with Crippen LogP contribution in [0.15, 0.2) is 30.5 Å². The van der Waals surface area contributed by atoms with Crippen LogP contribution in [0.1, 0.15) is 21.6 Å². The number of carbonyl (C=O) groups excluding carboxylic acids is 1. The summed E-state index contributed by atoms with van der Waals surface area (Å²) in [5.41, 5.74) is -3.96. The molecule has 1 aromatic heterocycles. The molecule has 0 radical (unpaired) electrons. The van der Waals surface area contributed by atoms with Crippen molar-refractivity contribution in [2.24, 2.45) is 0 Å². The molecule has 128 valence electrons. The van der Waals surface area contributed by atoms with Crippen molar-refractivity contribution in [3.05, 3.63) is 52.6 Å². The minimum atomic E-state index is -4.99. The van der Waals surface area contributed by atoms with Crippen molar-refractivity contribution in [2.75, 3.05) is 5.32 Å². The molecule has 0 spiro atoms. The highest BCUT2D eigenvalue weighted by atomic mass is 35.5. The second-order valence-electron chi connectivity index (χ2n) is 4.43. The Morgan fingerprint density at radius 1 is 1.08 bits per heavy atom. The van der Waals surface area contributed by atoms with Crippen LogP contribution >= 0.6 is 11.6 Å². The smallest absolute Gasteiger partial charge is 0.322 e. The fraction of sp³-hybridized carbons (Fsp3) is 0.154. The Labute approximate surface area is 135 Å². The van der Waals surface area contributed by atoms with E-state index in [2.05, 4.69) is 9.97 Å². The summed E-state index contributed by atoms with van der Waals surface area (Å²) in [6, 6.07) is 3.43. The van der Waals surface area contributed by atoms with Gasteiger partial charge in [-0.25, -0.2) is 9.97 Å². The van der Waals surface area contributed by atoms with Crippen LogP contribution in [0.3, 0.4) is 0 Å². The number of anilines is 1. The van der Waals surface area contributed by atoms with Crippen molar-refractivity contribution in [3.63, 3.8) is 0 Å². The molecule has 0 bridgehead atoms. The summed E-state index contributed by atoms with van der Waals surface area (Å²) < 4.78 is 76.4. The maximum Gasteiger partial charge on any atom is 0.434 e. The van der Waals surface area contributed by atoms with Crippen LogP contribution in [-0.4, -0.2) is 15.9 Å². The third-order valence-corrected chi connectivity index (χ3v) is 2.90. The van der Waals surface area contributed by atoms with E-state index in [0.29, 0.717) is 12.3 Å². The van der Waals surface area contributed by atoms with Gasteiger partial charge in [-0.15, -0.1) is 0 Å². The number of hydrogen-bond donors (Lipinski definition) is 1. The van der Waals surface area contributed by atoms with Gasteiger partial charge in [-0.1, -0.05) is 6.07 Å². The first kappa shape index (κ1) is 18.0. The average molecular weight is 370 g/mol. The van der Waals surface area contributed by atoms with Gasteiger partial charge in [-0.3, -0.25) is 4.79 Å². The maximum absolute atomic E-state index is 12.9. The molecule has 0 aliphatic rings. The number of nitrogens with one attached hydrogen (secondary N) is 1. The molecule has 1 heterocycles. The number of amides is 1. The van der Waals surface area contributed by atoms with Crippen molar-refractivity contribution < 1.29 is 31.1 Å². The van der Waals surface area contributed by atoms with Crippen LogP contribution in [0.25, 0.3) is 0 Å². The molecule has 0 unspecified atom stereocenters. The number of rotatable bonds is 2. The van der Waals surface area contributed by atoms with E-state index in [-0.39, 0.29) is 5.69 Å². The minimum absolute atomic E-state index is 0.335. The number of alkyl halides is 6. The van der Waals surface area contributed by atoms with Crippen molar-refractivity contribution in [3.8, 4) is 0 Å². The molecule has 1 N–H and O–H groups in total. The molecule has 0 fully saturated rings. The van der Waals surface area contributed by atoms with Crippen molar-refractivity contribution in [1.29, 1.82) is 0 Å². The first-order valence-corrected chi connectivity index (χ1v) is 6.44. The second kappa shape index (κ2) is 6.27. The molecule has 0 aliphatic heterocycles. The lowest BCUT2D eigenvalue weighted by molar-refractivity contribution is -0.141. The standard InChI is InChI=1S/C13H6ClF6N3O/c14-11-21-5-8(9(23-11)13(18,19)20)10(24)22-7-3-1-2-6(4-7)12(15,16)17/h1-5H,(H,22,24). The molecule has 24 heavy (non-hydrogen) atoms. The average Bonchev–Trinajstić information content (AvgIpc) is 2.45. The predicted octanol–water partition coefficient (Wildman–Crippen LogP) is 4.42.